The van der Waals surface area contributed by atoms with Gasteiger partial charge in [0.2, 0.25) is 11.1 Å². The zero-order valence-corrected chi connectivity index (χ0v) is 15.5. The first kappa shape index (κ1) is 18.9. The molecule has 0 radical (unpaired) electrons. The highest BCUT2D eigenvalue weighted by atomic mass is 32.2. The van der Waals surface area contributed by atoms with Crippen molar-refractivity contribution in [3.05, 3.63) is 5.82 Å². The Morgan fingerprint density at radius 2 is 2.12 bits per heavy atom. The second-order valence-electron chi connectivity index (χ2n) is 6.52. The molecule has 0 bridgehead atoms. The molecule has 0 atom stereocenters. The summed E-state index contributed by atoms with van der Waals surface area (Å²) in [5, 5.41) is 10.8. The minimum absolute atomic E-state index is 0.0704. The molecule has 0 aromatic carbocycles. The standard InChI is InChI=1S/C18H28N4OS/c1-4-18(5-2,6-3)20-16(23)13-24-17-19-15(21-22-17)12-11-14-9-7-8-10-14/h1,14H,5-13H2,2-3H3,(H,20,23)(H,19,21,22). The number of hydrogen-bond acceptors (Lipinski definition) is 4. The lowest BCUT2D eigenvalue weighted by Crippen LogP contribution is -2.47. The molecule has 1 amide bonds. The molecule has 1 saturated carbocycles. The van der Waals surface area contributed by atoms with E-state index < -0.39 is 5.54 Å². The predicted molar refractivity (Wildman–Crippen MR) is 97.7 cm³/mol. The summed E-state index contributed by atoms with van der Waals surface area (Å²) in [5.41, 5.74) is -0.539. The van der Waals surface area contributed by atoms with Crippen molar-refractivity contribution in [2.75, 3.05) is 5.75 Å². The van der Waals surface area contributed by atoms with Gasteiger partial charge in [-0.3, -0.25) is 9.89 Å². The van der Waals surface area contributed by atoms with Gasteiger partial charge in [0, 0.05) is 6.42 Å². The fourth-order valence-electron chi connectivity index (χ4n) is 3.19. The Labute approximate surface area is 149 Å². The molecule has 6 heteroatoms. The number of aromatic amines is 1. The number of carbonyl (C=O) groups is 1. The first-order chi connectivity index (χ1) is 11.6. The van der Waals surface area contributed by atoms with Crippen LogP contribution < -0.4 is 5.32 Å². The highest BCUT2D eigenvalue weighted by Crippen LogP contribution is 2.28. The van der Waals surface area contributed by atoms with Gasteiger partial charge in [-0.25, -0.2) is 4.98 Å². The van der Waals surface area contributed by atoms with Crippen LogP contribution >= 0.6 is 11.8 Å². The van der Waals surface area contributed by atoms with Crippen molar-refractivity contribution in [3.8, 4) is 12.3 Å². The Hall–Kier alpha value is -1.48. The number of aryl methyl sites for hydroxylation is 1. The number of thioether (sulfide) groups is 1. The third-order valence-electron chi connectivity index (χ3n) is 4.97. The van der Waals surface area contributed by atoms with Gasteiger partial charge in [-0.15, -0.1) is 11.5 Å². The van der Waals surface area contributed by atoms with Gasteiger partial charge in [-0.05, 0) is 25.2 Å². The van der Waals surface area contributed by atoms with Gasteiger partial charge in [-0.1, -0.05) is 57.2 Å². The molecule has 0 aliphatic heterocycles. The molecule has 2 rings (SSSR count). The Kier molecular flexibility index (Phi) is 7.16. The molecule has 24 heavy (non-hydrogen) atoms. The van der Waals surface area contributed by atoms with E-state index >= 15 is 0 Å². The largest absolute Gasteiger partial charge is 0.339 e. The minimum Gasteiger partial charge on any atom is -0.339 e. The molecule has 1 aliphatic carbocycles. The first-order valence-corrected chi connectivity index (χ1v) is 9.92. The summed E-state index contributed by atoms with van der Waals surface area (Å²) >= 11 is 1.35. The molecule has 1 aromatic heterocycles. The summed E-state index contributed by atoms with van der Waals surface area (Å²) in [6.07, 6.45) is 14.6. The molecule has 1 aliphatic rings. The fourth-order valence-corrected chi connectivity index (χ4v) is 3.81. The minimum atomic E-state index is -0.539. The van der Waals surface area contributed by atoms with Crippen LogP contribution in [-0.4, -0.2) is 32.4 Å². The average Bonchev–Trinajstić information content (AvgIpc) is 3.27. The van der Waals surface area contributed by atoms with Crippen molar-refractivity contribution in [2.45, 2.75) is 75.9 Å². The number of aromatic nitrogens is 3. The number of carbonyl (C=O) groups excluding carboxylic acids is 1. The quantitative estimate of drug-likeness (QED) is 0.530. The van der Waals surface area contributed by atoms with Gasteiger partial charge in [0.1, 0.15) is 11.4 Å². The first-order valence-electron chi connectivity index (χ1n) is 8.93. The zero-order valence-electron chi connectivity index (χ0n) is 14.7. The molecule has 132 valence electrons. The van der Waals surface area contributed by atoms with Gasteiger partial charge in [0.05, 0.1) is 5.75 Å². The van der Waals surface area contributed by atoms with Gasteiger partial charge in [-0.2, -0.15) is 0 Å². The Bertz CT molecular complexity index is 568. The molecule has 0 saturated heterocycles. The Morgan fingerprint density at radius 1 is 1.42 bits per heavy atom. The second-order valence-corrected chi connectivity index (χ2v) is 7.47. The Balaban J connectivity index is 1.75. The molecule has 5 nitrogen and oxygen atoms in total. The van der Waals surface area contributed by atoms with Crippen molar-refractivity contribution in [2.24, 2.45) is 5.92 Å². The second kappa shape index (κ2) is 9.12. The molecule has 0 unspecified atom stereocenters. The van der Waals surface area contributed by atoms with E-state index in [1.54, 1.807) is 0 Å². The molecular formula is C18H28N4OS. The van der Waals surface area contributed by atoms with Gasteiger partial charge >= 0.3 is 0 Å². The number of hydrogen-bond donors (Lipinski definition) is 2. The summed E-state index contributed by atoms with van der Waals surface area (Å²) in [4.78, 5) is 16.6. The van der Waals surface area contributed by atoms with E-state index in [4.69, 9.17) is 6.42 Å². The van der Waals surface area contributed by atoms with Crippen LogP contribution in [0, 0.1) is 18.3 Å². The van der Waals surface area contributed by atoms with E-state index in [1.807, 2.05) is 13.8 Å². The van der Waals surface area contributed by atoms with Crippen LogP contribution in [0.3, 0.4) is 0 Å². The molecule has 1 aromatic rings. The summed E-state index contributed by atoms with van der Waals surface area (Å²) in [7, 11) is 0. The third-order valence-corrected chi connectivity index (χ3v) is 5.82. The maximum atomic E-state index is 12.1. The summed E-state index contributed by atoms with van der Waals surface area (Å²) < 4.78 is 0. The van der Waals surface area contributed by atoms with Crippen LogP contribution in [0.15, 0.2) is 5.16 Å². The number of rotatable bonds is 9. The molecule has 0 spiro atoms. The highest BCUT2D eigenvalue weighted by Gasteiger charge is 2.25. The molecule has 2 N–H and O–H groups in total. The van der Waals surface area contributed by atoms with Crippen molar-refractivity contribution >= 4 is 17.7 Å². The summed E-state index contributed by atoms with van der Waals surface area (Å²) in [5.74, 6) is 4.69. The maximum Gasteiger partial charge on any atom is 0.231 e. The fraction of sp³-hybridized carbons (Fsp3) is 0.722. The number of nitrogens with one attached hydrogen (secondary N) is 2. The lowest BCUT2D eigenvalue weighted by atomic mass is 9.94. The van der Waals surface area contributed by atoms with Crippen molar-refractivity contribution in [1.29, 1.82) is 0 Å². The van der Waals surface area contributed by atoms with Crippen LogP contribution in [0.25, 0.3) is 0 Å². The summed E-state index contributed by atoms with van der Waals surface area (Å²) in [6, 6.07) is 0. The van der Waals surface area contributed by atoms with Gasteiger partial charge in [0.25, 0.3) is 0 Å². The highest BCUT2D eigenvalue weighted by molar-refractivity contribution is 7.99. The zero-order chi connectivity index (χ0) is 17.4. The predicted octanol–water partition coefficient (Wildman–Crippen LogP) is 3.33. The van der Waals surface area contributed by atoms with E-state index in [0.717, 1.165) is 31.0 Å². The molecule has 1 heterocycles. The van der Waals surface area contributed by atoms with Crippen LogP contribution in [0.5, 0.6) is 0 Å². The average molecular weight is 349 g/mol. The van der Waals surface area contributed by atoms with Crippen LogP contribution in [0.1, 0.15) is 64.6 Å². The van der Waals surface area contributed by atoms with Crippen molar-refractivity contribution < 1.29 is 4.79 Å². The maximum absolute atomic E-state index is 12.1. The van der Waals surface area contributed by atoms with E-state index in [1.165, 1.54) is 43.9 Å². The number of terminal acetylenes is 1. The lowest BCUT2D eigenvalue weighted by Gasteiger charge is -2.26. The van der Waals surface area contributed by atoms with E-state index in [-0.39, 0.29) is 11.7 Å². The topological polar surface area (TPSA) is 70.7 Å². The SMILES string of the molecule is C#CC(CC)(CC)NC(=O)CSc1n[nH]c(CCC2CCCC2)n1. The monoisotopic (exact) mass is 348 g/mol. The third kappa shape index (κ3) is 5.27. The van der Waals surface area contributed by atoms with Gasteiger partial charge in [0.15, 0.2) is 0 Å². The smallest absolute Gasteiger partial charge is 0.231 e. The normalized spacial score (nSPS) is 15.4. The van der Waals surface area contributed by atoms with E-state index in [2.05, 4.69) is 26.4 Å². The molecular weight excluding hydrogens is 320 g/mol. The molecule has 1 fully saturated rings. The summed E-state index contributed by atoms with van der Waals surface area (Å²) in [6.45, 7) is 3.98. The van der Waals surface area contributed by atoms with E-state index in [9.17, 15) is 4.79 Å². The van der Waals surface area contributed by atoms with Crippen molar-refractivity contribution in [1.82, 2.24) is 20.5 Å². The van der Waals surface area contributed by atoms with Crippen LogP contribution in [-0.2, 0) is 11.2 Å². The lowest BCUT2D eigenvalue weighted by molar-refractivity contribution is -0.119. The Morgan fingerprint density at radius 3 is 2.75 bits per heavy atom. The van der Waals surface area contributed by atoms with Crippen LogP contribution in [0.2, 0.25) is 0 Å². The number of amides is 1. The van der Waals surface area contributed by atoms with Crippen molar-refractivity contribution in [3.63, 3.8) is 0 Å². The van der Waals surface area contributed by atoms with Crippen LogP contribution in [0.4, 0.5) is 0 Å². The van der Waals surface area contributed by atoms with Gasteiger partial charge < -0.3 is 5.32 Å². The number of nitrogens with zero attached hydrogens (tertiary/aromatic N) is 2. The van der Waals surface area contributed by atoms with E-state index in [0.29, 0.717) is 5.16 Å². The number of H-pyrrole nitrogens is 1.